The van der Waals surface area contributed by atoms with Crippen molar-refractivity contribution in [2.75, 3.05) is 13.2 Å². The van der Waals surface area contributed by atoms with Crippen molar-refractivity contribution >= 4 is 11.6 Å². The highest BCUT2D eigenvalue weighted by Crippen LogP contribution is 2.16. The van der Waals surface area contributed by atoms with Crippen LogP contribution in [0.5, 0.6) is 5.88 Å². The van der Waals surface area contributed by atoms with Gasteiger partial charge in [-0.3, -0.25) is 9.20 Å². The van der Waals surface area contributed by atoms with Gasteiger partial charge < -0.3 is 14.8 Å². The fraction of sp³-hybridized carbons (Fsp3) is 0.294. The van der Waals surface area contributed by atoms with Crippen LogP contribution in [0.25, 0.3) is 5.65 Å². The van der Waals surface area contributed by atoms with Crippen LogP contribution < -0.4 is 10.1 Å². The number of fused-ring (bicyclic) bond motifs is 1. The number of ether oxygens (including phenoxy) is 2. The van der Waals surface area contributed by atoms with Crippen LogP contribution in [0, 0.1) is 0 Å². The van der Waals surface area contributed by atoms with E-state index in [0.717, 1.165) is 0 Å². The van der Waals surface area contributed by atoms with Gasteiger partial charge in [0.2, 0.25) is 5.88 Å². The number of pyridine rings is 2. The van der Waals surface area contributed by atoms with Crippen LogP contribution in [0.4, 0.5) is 0 Å². The van der Waals surface area contributed by atoms with Crippen molar-refractivity contribution in [1.29, 1.82) is 0 Å². The third kappa shape index (κ3) is 3.43. The lowest BCUT2D eigenvalue weighted by Gasteiger charge is -2.32. The highest BCUT2D eigenvalue weighted by molar-refractivity contribution is 5.95. The summed E-state index contributed by atoms with van der Waals surface area (Å²) in [7, 11) is 0. The quantitative estimate of drug-likeness (QED) is 0.765. The SMILES string of the molecule is O=C(N[C@@H]1CCOC[C@H]1Oc1ccccn1)c1ccn2cnnc2c1. The van der Waals surface area contributed by atoms with E-state index in [1.165, 1.54) is 0 Å². The molecule has 1 amide bonds. The molecule has 0 bridgehead atoms. The fourth-order valence-electron chi connectivity index (χ4n) is 2.78. The first kappa shape index (κ1) is 15.5. The molecule has 0 spiro atoms. The van der Waals surface area contributed by atoms with Crippen LogP contribution in [0.15, 0.2) is 49.1 Å². The van der Waals surface area contributed by atoms with Gasteiger partial charge in [0.1, 0.15) is 12.4 Å². The summed E-state index contributed by atoms with van der Waals surface area (Å²) >= 11 is 0. The maximum Gasteiger partial charge on any atom is 0.251 e. The smallest absolute Gasteiger partial charge is 0.251 e. The lowest BCUT2D eigenvalue weighted by atomic mass is 10.1. The molecule has 8 nitrogen and oxygen atoms in total. The molecule has 4 rings (SSSR count). The summed E-state index contributed by atoms with van der Waals surface area (Å²) < 4.78 is 13.1. The molecule has 1 aliphatic rings. The third-order valence-electron chi connectivity index (χ3n) is 4.09. The molecule has 1 fully saturated rings. The topological polar surface area (TPSA) is 90.6 Å². The third-order valence-corrected chi connectivity index (χ3v) is 4.09. The van der Waals surface area contributed by atoms with Gasteiger partial charge in [0.15, 0.2) is 5.65 Å². The second-order valence-electron chi connectivity index (χ2n) is 5.78. The van der Waals surface area contributed by atoms with Gasteiger partial charge in [0.05, 0.1) is 12.6 Å². The molecule has 1 N–H and O–H groups in total. The van der Waals surface area contributed by atoms with Gasteiger partial charge >= 0.3 is 0 Å². The number of aromatic nitrogens is 4. The second kappa shape index (κ2) is 6.86. The predicted octanol–water partition coefficient (Wildman–Crippen LogP) is 1.09. The summed E-state index contributed by atoms with van der Waals surface area (Å²) in [5.74, 6) is 0.342. The van der Waals surface area contributed by atoms with Gasteiger partial charge in [-0.05, 0) is 24.6 Å². The fourth-order valence-corrected chi connectivity index (χ4v) is 2.78. The zero-order chi connectivity index (χ0) is 17.1. The predicted molar refractivity (Wildman–Crippen MR) is 88.3 cm³/mol. The largest absolute Gasteiger partial charge is 0.470 e. The van der Waals surface area contributed by atoms with E-state index in [2.05, 4.69) is 20.5 Å². The van der Waals surface area contributed by atoms with Crippen LogP contribution in [-0.4, -0.2) is 50.8 Å². The van der Waals surface area contributed by atoms with Crippen molar-refractivity contribution < 1.29 is 14.3 Å². The number of carbonyl (C=O) groups is 1. The van der Waals surface area contributed by atoms with Crippen molar-refractivity contribution in [2.45, 2.75) is 18.6 Å². The molecule has 3 aromatic heterocycles. The zero-order valence-electron chi connectivity index (χ0n) is 13.4. The van der Waals surface area contributed by atoms with Crippen molar-refractivity contribution in [3.8, 4) is 5.88 Å². The Balaban J connectivity index is 1.47. The maximum atomic E-state index is 12.6. The van der Waals surface area contributed by atoms with Crippen molar-refractivity contribution in [1.82, 2.24) is 24.9 Å². The highest BCUT2D eigenvalue weighted by atomic mass is 16.5. The van der Waals surface area contributed by atoms with Crippen LogP contribution >= 0.6 is 0 Å². The van der Waals surface area contributed by atoms with Crippen LogP contribution in [0.1, 0.15) is 16.8 Å². The first-order valence-electron chi connectivity index (χ1n) is 8.05. The lowest BCUT2D eigenvalue weighted by molar-refractivity contribution is -0.0152. The summed E-state index contributed by atoms with van der Waals surface area (Å²) in [6.07, 6.45) is 5.41. The number of nitrogens with one attached hydrogen (secondary N) is 1. The maximum absolute atomic E-state index is 12.6. The Labute approximate surface area is 143 Å². The zero-order valence-corrected chi connectivity index (χ0v) is 13.4. The van der Waals surface area contributed by atoms with Gasteiger partial charge in [-0.15, -0.1) is 10.2 Å². The first-order valence-corrected chi connectivity index (χ1v) is 8.05. The molecule has 1 aliphatic heterocycles. The van der Waals surface area contributed by atoms with Gasteiger partial charge in [-0.2, -0.15) is 0 Å². The molecule has 1 saturated heterocycles. The van der Waals surface area contributed by atoms with Crippen molar-refractivity contribution in [3.05, 3.63) is 54.6 Å². The van der Waals surface area contributed by atoms with Gasteiger partial charge in [-0.1, -0.05) is 6.07 Å². The Morgan fingerprint density at radius 1 is 1.36 bits per heavy atom. The summed E-state index contributed by atoms with van der Waals surface area (Å²) in [6.45, 7) is 0.987. The molecule has 0 aromatic carbocycles. The van der Waals surface area contributed by atoms with Crippen LogP contribution in [-0.2, 0) is 4.74 Å². The van der Waals surface area contributed by atoms with Crippen molar-refractivity contribution in [3.63, 3.8) is 0 Å². The van der Waals surface area contributed by atoms with Gasteiger partial charge in [0.25, 0.3) is 5.91 Å². The molecule has 25 heavy (non-hydrogen) atoms. The Morgan fingerprint density at radius 3 is 3.20 bits per heavy atom. The molecule has 4 heterocycles. The monoisotopic (exact) mass is 339 g/mol. The van der Waals surface area contributed by atoms with E-state index in [0.29, 0.717) is 36.7 Å². The van der Waals surface area contributed by atoms with Crippen LogP contribution in [0.2, 0.25) is 0 Å². The van der Waals surface area contributed by atoms with E-state index in [1.807, 2.05) is 12.1 Å². The minimum atomic E-state index is -0.288. The minimum Gasteiger partial charge on any atom is -0.470 e. The summed E-state index contributed by atoms with van der Waals surface area (Å²) in [4.78, 5) is 16.8. The summed E-state index contributed by atoms with van der Waals surface area (Å²) in [5.41, 5.74) is 1.16. The molecule has 128 valence electrons. The Bertz CT molecular complexity index is 867. The second-order valence-corrected chi connectivity index (χ2v) is 5.78. The molecule has 0 unspecified atom stereocenters. The van der Waals surface area contributed by atoms with E-state index in [4.69, 9.17) is 9.47 Å². The Morgan fingerprint density at radius 2 is 2.32 bits per heavy atom. The molecule has 8 heteroatoms. The van der Waals surface area contributed by atoms with E-state index >= 15 is 0 Å². The Hall–Kier alpha value is -3.00. The number of amides is 1. The highest BCUT2D eigenvalue weighted by Gasteiger charge is 2.29. The van der Waals surface area contributed by atoms with Gasteiger partial charge in [-0.25, -0.2) is 4.98 Å². The molecular weight excluding hydrogens is 322 g/mol. The number of carbonyl (C=O) groups excluding carboxylic acids is 1. The summed E-state index contributed by atoms with van der Waals surface area (Å²) in [6, 6.07) is 8.75. The first-order chi connectivity index (χ1) is 12.3. The van der Waals surface area contributed by atoms with E-state index in [1.54, 1.807) is 41.3 Å². The van der Waals surface area contributed by atoms with E-state index < -0.39 is 0 Å². The number of hydrogen-bond acceptors (Lipinski definition) is 6. The number of hydrogen-bond donors (Lipinski definition) is 1. The average molecular weight is 339 g/mol. The van der Waals surface area contributed by atoms with Crippen LogP contribution in [0.3, 0.4) is 0 Å². The van der Waals surface area contributed by atoms with E-state index in [-0.39, 0.29) is 18.1 Å². The molecule has 0 aliphatic carbocycles. The molecule has 0 radical (unpaired) electrons. The molecule has 0 saturated carbocycles. The molecule has 3 aromatic rings. The number of nitrogens with zero attached hydrogens (tertiary/aromatic N) is 4. The summed E-state index contributed by atoms with van der Waals surface area (Å²) in [5, 5.41) is 10.8. The standard InChI is InChI=1S/C17H17N5O3/c23-17(12-4-7-22-11-19-21-15(22)9-12)20-13-5-8-24-10-14(13)25-16-3-1-2-6-18-16/h1-4,6-7,9,11,13-14H,5,8,10H2,(H,20,23)/t13-,14-/m1/s1. The molecular formula is C17H17N5O3. The normalized spacial score (nSPS) is 20.3. The average Bonchev–Trinajstić information content (AvgIpc) is 3.12. The van der Waals surface area contributed by atoms with Gasteiger partial charge in [0, 0.05) is 30.6 Å². The Kier molecular flexibility index (Phi) is 4.26. The number of rotatable bonds is 4. The van der Waals surface area contributed by atoms with Crippen molar-refractivity contribution in [2.24, 2.45) is 0 Å². The molecule has 2 atom stereocenters. The van der Waals surface area contributed by atoms with E-state index in [9.17, 15) is 4.79 Å². The lowest BCUT2D eigenvalue weighted by Crippen LogP contribution is -2.51. The minimum absolute atomic E-state index is 0.155.